The molecule has 0 aliphatic heterocycles. The second-order valence-electron chi connectivity index (χ2n) is 3.32. The highest BCUT2D eigenvalue weighted by molar-refractivity contribution is 7.98. The van der Waals surface area contributed by atoms with Gasteiger partial charge in [-0.1, -0.05) is 23.7 Å². The molecule has 2 aromatic rings. The molecule has 2 rings (SSSR count). The molecule has 1 aromatic carbocycles. The van der Waals surface area contributed by atoms with E-state index in [0.29, 0.717) is 5.25 Å². The van der Waals surface area contributed by atoms with E-state index in [1.165, 1.54) is 5.56 Å². The molecular formula is C11H12ClNS. The van der Waals surface area contributed by atoms with Crippen molar-refractivity contribution in [1.82, 2.24) is 4.98 Å². The maximum atomic E-state index is 6.00. The summed E-state index contributed by atoms with van der Waals surface area (Å²) in [7, 11) is 0. The van der Waals surface area contributed by atoms with Crippen LogP contribution < -0.4 is 0 Å². The van der Waals surface area contributed by atoms with Crippen molar-refractivity contribution in [3.8, 4) is 0 Å². The first kappa shape index (κ1) is 9.94. The van der Waals surface area contributed by atoms with Gasteiger partial charge in [-0.05, 0) is 24.8 Å². The lowest BCUT2D eigenvalue weighted by atomic mass is 10.1. The number of rotatable bonds is 2. The Kier molecular flexibility index (Phi) is 2.75. The molecule has 1 heterocycles. The Morgan fingerprint density at radius 3 is 2.93 bits per heavy atom. The first-order chi connectivity index (χ1) is 6.72. The van der Waals surface area contributed by atoms with Crippen molar-refractivity contribution >= 4 is 34.3 Å². The molecule has 1 atom stereocenters. The van der Waals surface area contributed by atoms with Crippen LogP contribution in [-0.4, -0.2) is 11.2 Å². The summed E-state index contributed by atoms with van der Waals surface area (Å²) in [5.41, 5.74) is 2.46. The van der Waals surface area contributed by atoms with Gasteiger partial charge < -0.3 is 4.98 Å². The van der Waals surface area contributed by atoms with Crippen molar-refractivity contribution in [3.05, 3.63) is 35.0 Å². The number of aromatic amines is 1. The standard InChI is InChI=1S/C11H12ClNS/c1-7(14-2)8-3-4-9-10(12)6-13-11(9)5-8/h3-7,13H,1-2H3. The van der Waals surface area contributed by atoms with Crippen molar-refractivity contribution in [2.24, 2.45) is 0 Å². The van der Waals surface area contributed by atoms with E-state index >= 15 is 0 Å². The second-order valence-corrected chi connectivity index (χ2v) is 4.91. The Morgan fingerprint density at radius 2 is 2.21 bits per heavy atom. The fourth-order valence-corrected chi connectivity index (χ4v) is 2.14. The summed E-state index contributed by atoms with van der Waals surface area (Å²) in [6.45, 7) is 2.20. The van der Waals surface area contributed by atoms with Crippen molar-refractivity contribution in [3.63, 3.8) is 0 Å². The number of halogens is 1. The number of thioether (sulfide) groups is 1. The predicted octanol–water partition coefficient (Wildman–Crippen LogP) is 4.25. The molecule has 0 amide bonds. The smallest absolute Gasteiger partial charge is 0.0659 e. The highest BCUT2D eigenvalue weighted by atomic mass is 35.5. The number of H-pyrrole nitrogens is 1. The maximum absolute atomic E-state index is 6.00. The van der Waals surface area contributed by atoms with Crippen LogP contribution in [0.4, 0.5) is 0 Å². The third kappa shape index (κ3) is 1.64. The first-order valence-electron chi connectivity index (χ1n) is 4.51. The number of aromatic nitrogens is 1. The van der Waals surface area contributed by atoms with Gasteiger partial charge in [-0.15, -0.1) is 0 Å². The average Bonchev–Trinajstić information content (AvgIpc) is 2.59. The molecule has 14 heavy (non-hydrogen) atoms. The lowest BCUT2D eigenvalue weighted by Crippen LogP contribution is -1.86. The molecule has 1 aromatic heterocycles. The molecule has 0 spiro atoms. The van der Waals surface area contributed by atoms with E-state index in [1.54, 1.807) is 0 Å². The van der Waals surface area contributed by atoms with E-state index < -0.39 is 0 Å². The number of hydrogen-bond donors (Lipinski definition) is 1. The second kappa shape index (κ2) is 3.87. The first-order valence-corrected chi connectivity index (χ1v) is 6.18. The number of fused-ring (bicyclic) bond motifs is 1. The fraction of sp³-hybridized carbons (Fsp3) is 0.273. The van der Waals surface area contributed by atoms with Gasteiger partial charge in [-0.3, -0.25) is 0 Å². The van der Waals surface area contributed by atoms with Crippen LogP contribution in [0.2, 0.25) is 5.02 Å². The molecule has 0 radical (unpaired) electrons. The van der Waals surface area contributed by atoms with Gasteiger partial charge in [0.25, 0.3) is 0 Å². The van der Waals surface area contributed by atoms with Crippen LogP contribution >= 0.6 is 23.4 Å². The Morgan fingerprint density at radius 1 is 1.43 bits per heavy atom. The van der Waals surface area contributed by atoms with Gasteiger partial charge >= 0.3 is 0 Å². The fourth-order valence-electron chi connectivity index (χ4n) is 1.50. The minimum absolute atomic E-state index is 0.529. The molecule has 0 saturated carbocycles. The van der Waals surface area contributed by atoms with Gasteiger partial charge in [-0.2, -0.15) is 11.8 Å². The van der Waals surface area contributed by atoms with Gasteiger partial charge in [0.2, 0.25) is 0 Å². The molecule has 1 N–H and O–H groups in total. The maximum Gasteiger partial charge on any atom is 0.0659 e. The monoisotopic (exact) mass is 225 g/mol. The third-order valence-electron chi connectivity index (χ3n) is 2.48. The molecule has 0 aliphatic carbocycles. The molecule has 0 aliphatic rings. The molecule has 1 unspecified atom stereocenters. The lowest BCUT2D eigenvalue weighted by molar-refractivity contribution is 1.11. The van der Waals surface area contributed by atoms with Gasteiger partial charge in [0.05, 0.1) is 5.02 Å². The van der Waals surface area contributed by atoms with Crippen LogP contribution in [0.25, 0.3) is 10.9 Å². The summed E-state index contributed by atoms with van der Waals surface area (Å²) in [6, 6.07) is 6.39. The number of benzene rings is 1. The molecule has 1 nitrogen and oxygen atoms in total. The van der Waals surface area contributed by atoms with E-state index in [2.05, 4.69) is 36.4 Å². The van der Waals surface area contributed by atoms with Crippen molar-refractivity contribution in [1.29, 1.82) is 0 Å². The lowest BCUT2D eigenvalue weighted by Gasteiger charge is -2.07. The van der Waals surface area contributed by atoms with Gasteiger partial charge in [0.15, 0.2) is 0 Å². The van der Waals surface area contributed by atoms with Crippen molar-refractivity contribution in [2.45, 2.75) is 12.2 Å². The molecule has 0 fully saturated rings. The summed E-state index contributed by atoms with van der Waals surface area (Å²) in [5.74, 6) is 0. The van der Waals surface area contributed by atoms with Crippen molar-refractivity contribution in [2.75, 3.05) is 6.26 Å². The Hall–Kier alpha value is -0.600. The van der Waals surface area contributed by atoms with E-state index in [-0.39, 0.29) is 0 Å². The minimum atomic E-state index is 0.529. The molecule has 0 saturated heterocycles. The summed E-state index contributed by atoms with van der Waals surface area (Å²) in [6.07, 6.45) is 3.95. The van der Waals surface area contributed by atoms with E-state index in [4.69, 9.17) is 11.6 Å². The Balaban J connectivity index is 2.52. The SMILES string of the molecule is CSC(C)c1ccc2c(Cl)c[nH]c2c1. The van der Waals surface area contributed by atoms with Gasteiger partial charge in [-0.25, -0.2) is 0 Å². The summed E-state index contributed by atoms with van der Waals surface area (Å²) in [5, 5.41) is 2.42. The normalized spacial score (nSPS) is 13.4. The third-order valence-corrected chi connectivity index (χ3v) is 3.77. The van der Waals surface area contributed by atoms with E-state index in [1.807, 2.05) is 18.0 Å². The van der Waals surface area contributed by atoms with E-state index in [0.717, 1.165) is 15.9 Å². The van der Waals surface area contributed by atoms with Gasteiger partial charge in [0, 0.05) is 22.3 Å². The average molecular weight is 226 g/mol. The van der Waals surface area contributed by atoms with Crippen LogP contribution in [0, 0.1) is 0 Å². The van der Waals surface area contributed by atoms with Crippen LogP contribution in [0.5, 0.6) is 0 Å². The van der Waals surface area contributed by atoms with E-state index in [9.17, 15) is 0 Å². The number of nitrogens with one attached hydrogen (secondary N) is 1. The highest BCUT2D eigenvalue weighted by Gasteiger charge is 2.06. The summed E-state index contributed by atoms with van der Waals surface area (Å²) >= 11 is 7.85. The number of hydrogen-bond acceptors (Lipinski definition) is 1. The molecule has 74 valence electrons. The predicted molar refractivity (Wildman–Crippen MR) is 65.2 cm³/mol. The van der Waals surface area contributed by atoms with Crippen LogP contribution in [-0.2, 0) is 0 Å². The molecule has 0 bridgehead atoms. The Bertz CT molecular complexity index is 449. The largest absolute Gasteiger partial charge is 0.360 e. The molecule has 3 heteroatoms. The zero-order valence-corrected chi connectivity index (χ0v) is 9.75. The van der Waals surface area contributed by atoms with Crippen molar-refractivity contribution < 1.29 is 0 Å². The van der Waals surface area contributed by atoms with Crippen LogP contribution in [0.3, 0.4) is 0 Å². The topological polar surface area (TPSA) is 15.8 Å². The quantitative estimate of drug-likeness (QED) is 0.808. The highest BCUT2D eigenvalue weighted by Crippen LogP contribution is 2.30. The Labute approximate surface area is 92.8 Å². The molecular weight excluding hydrogens is 214 g/mol. The zero-order chi connectivity index (χ0) is 10.1. The summed E-state index contributed by atoms with van der Waals surface area (Å²) < 4.78 is 0. The minimum Gasteiger partial charge on any atom is -0.360 e. The summed E-state index contributed by atoms with van der Waals surface area (Å²) in [4.78, 5) is 3.17. The van der Waals surface area contributed by atoms with Crippen LogP contribution in [0.15, 0.2) is 24.4 Å². The van der Waals surface area contributed by atoms with Crippen LogP contribution in [0.1, 0.15) is 17.7 Å². The zero-order valence-electron chi connectivity index (χ0n) is 8.17. The van der Waals surface area contributed by atoms with Gasteiger partial charge in [0.1, 0.15) is 0 Å².